The highest BCUT2D eigenvalue weighted by Gasteiger charge is 2.16. The summed E-state index contributed by atoms with van der Waals surface area (Å²) in [4.78, 5) is 12.4. The summed E-state index contributed by atoms with van der Waals surface area (Å²) in [6, 6.07) is 5.40. The van der Waals surface area contributed by atoms with Crippen molar-refractivity contribution in [2.45, 2.75) is 13.8 Å². The van der Waals surface area contributed by atoms with E-state index in [1.807, 2.05) is 25.3 Å². The molecule has 0 radical (unpaired) electrons. The van der Waals surface area contributed by atoms with Crippen LogP contribution in [0.4, 0.5) is 6.01 Å². The van der Waals surface area contributed by atoms with Gasteiger partial charge in [-0.3, -0.25) is 10.1 Å². The Kier molecular flexibility index (Phi) is 3.11. The van der Waals surface area contributed by atoms with Crippen molar-refractivity contribution in [2.24, 2.45) is 0 Å². The Morgan fingerprint density at radius 2 is 2.15 bits per heavy atom. The normalized spacial score (nSPS) is 10.7. The first-order valence-corrected chi connectivity index (χ1v) is 6.77. The van der Waals surface area contributed by atoms with E-state index in [0.717, 1.165) is 11.3 Å². The van der Waals surface area contributed by atoms with E-state index in [-0.39, 0.29) is 11.9 Å². The van der Waals surface area contributed by atoms with Crippen LogP contribution in [-0.4, -0.2) is 16.1 Å². The second-order valence-electron chi connectivity index (χ2n) is 4.17. The molecule has 6 nitrogen and oxygen atoms in total. The fraction of sp³-hybridized carbons (Fsp3) is 0.154. The average molecular weight is 289 g/mol. The van der Waals surface area contributed by atoms with Gasteiger partial charge >= 0.3 is 6.01 Å². The number of amides is 1. The molecule has 1 amide bonds. The maximum Gasteiger partial charge on any atom is 0.322 e. The predicted octanol–water partition coefficient (Wildman–Crippen LogP) is 3.26. The van der Waals surface area contributed by atoms with Crippen molar-refractivity contribution in [3.63, 3.8) is 0 Å². The van der Waals surface area contributed by atoms with Gasteiger partial charge in [0, 0.05) is 0 Å². The second-order valence-corrected chi connectivity index (χ2v) is 5.12. The molecule has 3 aromatic heterocycles. The minimum Gasteiger partial charge on any atom is -0.466 e. The number of rotatable bonds is 3. The Bertz CT molecular complexity index is 743. The number of furan rings is 1. The number of nitrogens with one attached hydrogen (secondary N) is 1. The number of anilines is 1. The van der Waals surface area contributed by atoms with Crippen molar-refractivity contribution in [1.82, 2.24) is 10.2 Å². The van der Waals surface area contributed by atoms with Gasteiger partial charge < -0.3 is 8.83 Å². The molecule has 20 heavy (non-hydrogen) atoms. The van der Waals surface area contributed by atoms with Gasteiger partial charge in [0.05, 0.1) is 10.4 Å². The van der Waals surface area contributed by atoms with Gasteiger partial charge in [-0.1, -0.05) is 11.2 Å². The van der Waals surface area contributed by atoms with Gasteiger partial charge in [-0.2, -0.15) is 0 Å². The zero-order chi connectivity index (χ0) is 14.1. The average Bonchev–Trinajstić information content (AvgIpc) is 3.10. The molecule has 0 aromatic carbocycles. The van der Waals surface area contributed by atoms with Crippen LogP contribution in [0.5, 0.6) is 0 Å². The molecule has 7 heteroatoms. The van der Waals surface area contributed by atoms with Gasteiger partial charge in [0.25, 0.3) is 11.8 Å². The van der Waals surface area contributed by atoms with Crippen LogP contribution in [-0.2, 0) is 0 Å². The molecule has 0 aliphatic carbocycles. The third kappa shape index (κ3) is 2.35. The summed E-state index contributed by atoms with van der Waals surface area (Å²) < 4.78 is 10.8. The van der Waals surface area contributed by atoms with Crippen LogP contribution in [0.25, 0.3) is 11.5 Å². The highest BCUT2D eigenvalue weighted by Crippen LogP contribution is 2.26. The van der Waals surface area contributed by atoms with Crippen molar-refractivity contribution in [2.75, 3.05) is 5.32 Å². The Labute approximate surface area is 118 Å². The van der Waals surface area contributed by atoms with Crippen LogP contribution in [0.1, 0.15) is 21.2 Å². The van der Waals surface area contributed by atoms with Crippen molar-refractivity contribution >= 4 is 23.3 Å². The highest BCUT2D eigenvalue weighted by molar-refractivity contribution is 7.12. The van der Waals surface area contributed by atoms with Crippen molar-refractivity contribution in [3.8, 4) is 11.5 Å². The molecule has 3 aromatic rings. The first-order chi connectivity index (χ1) is 9.63. The van der Waals surface area contributed by atoms with E-state index >= 15 is 0 Å². The monoisotopic (exact) mass is 289 g/mol. The second kappa shape index (κ2) is 4.93. The number of nitrogens with zero attached hydrogens (tertiary/aromatic N) is 2. The number of hydrogen-bond acceptors (Lipinski definition) is 6. The molecule has 3 heterocycles. The maximum atomic E-state index is 11.8. The zero-order valence-corrected chi connectivity index (χ0v) is 11.7. The molecule has 0 unspecified atom stereocenters. The molecule has 102 valence electrons. The van der Waals surface area contributed by atoms with Gasteiger partial charge in [0.2, 0.25) is 0 Å². The Morgan fingerprint density at radius 1 is 1.30 bits per heavy atom. The number of carbonyl (C=O) groups is 1. The molecular formula is C13H11N3O3S. The quantitative estimate of drug-likeness (QED) is 0.800. The number of hydrogen-bond donors (Lipinski definition) is 1. The topological polar surface area (TPSA) is 81.2 Å². The summed E-state index contributed by atoms with van der Waals surface area (Å²) in [7, 11) is 0. The predicted molar refractivity (Wildman–Crippen MR) is 73.7 cm³/mol. The van der Waals surface area contributed by atoms with Crippen LogP contribution in [0, 0.1) is 13.8 Å². The van der Waals surface area contributed by atoms with Crippen molar-refractivity contribution < 1.29 is 13.6 Å². The maximum absolute atomic E-state index is 11.8. The third-order valence-electron chi connectivity index (χ3n) is 2.66. The van der Waals surface area contributed by atoms with E-state index in [0.29, 0.717) is 16.5 Å². The molecule has 1 N–H and O–H groups in total. The van der Waals surface area contributed by atoms with E-state index in [9.17, 15) is 4.79 Å². The lowest BCUT2D eigenvalue weighted by Crippen LogP contribution is -2.10. The highest BCUT2D eigenvalue weighted by atomic mass is 32.1. The summed E-state index contributed by atoms with van der Waals surface area (Å²) in [6.45, 7) is 3.66. The summed E-state index contributed by atoms with van der Waals surface area (Å²) >= 11 is 1.34. The van der Waals surface area contributed by atoms with E-state index in [1.54, 1.807) is 12.1 Å². The Balaban J connectivity index is 1.81. The number of aromatic nitrogens is 2. The lowest BCUT2D eigenvalue weighted by Gasteiger charge is -1.95. The lowest BCUT2D eigenvalue weighted by atomic mass is 10.2. The third-order valence-corrected chi connectivity index (χ3v) is 3.53. The minimum absolute atomic E-state index is 0.0663. The van der Waals surface area contributed by atoms with E-state index < -0.39 is 0 Å². The van der Waals surface area contributed by atoms with Crippen LogP contribution in [0.2, 0.25) is 0 Å². The Hall–Kier alpha value is -2.41. The van der Waals surface area contributed by atoms with Gasteiger partial charge in [-0.15, -0.1) is 16.4 Å². The van der Waals surface area contributed by atoms with Crippen molar-refractivity contribution in [3.05, 3.63) is 40.0 Å². The fourth-order valence-corrected chi connectivity index (χ4v) is 2.41. The van der Waals surface area contributed by atoms with Gasteiger partial charge in [0.15, 0.2) is 0 Å². The number of aryl methyl sites for hydroxylation is 2. The molecule has 0 fully saturated rings. The first kappa shape index (κ1) is 12.6. The lowest BCUT2D eigenvalue weighted by molar-refractivity contribution is 0.102. The Morgan fingerprint density at radius 3 is 2.80 bits per heavy atom. The van der Waals surface area contributed by atoms with Gasteiger partial charge in [-0.05, 0) is 31.4 Å². The van der Waals surface area contributed by atoms with Crippen LogP contribution in [0.15, 0.2) is 32.4 Å². The zero-order valence-electron chi connectivity index (χ0n) is 10.8. The molecule has 0 aliphatic heterocycles. The molecule has 3 rings (SSSR count). The number of thiophene rings is 1. The fourth-order valence-electron chi connectivity index (χ4n) is 1.79. The van der Waals surface area contributed by atoms with E-state index in [1.165, 1.54) is 11.3 Å². The first-order valence-electron chi connectivity index (χ1n) is 5.89. The van der Waals surface area contributed by atoms with Crippen LogP contribution < -0.4 is 5.32 Å². The van der Waals surface area contributed by atoms with E-state index in [2.05, 4.69) is 15.5 Å². The SMILES string of the molecule is Cc1cc(-c2nnc(NC(=O)c3cccs3)o2)c(C)o1. The van der Waals surface area contributed by atoms with E-state index in [4.69, 9.17) is 8.83 Å². The minimum atomic E-state index is -0.268. The van der Waals surface area contributed by atoms with Crippen LogP contribution in [0.3, 0.4) is 0 Å². The summed E-state index contributed by atoms with van der Waals surface area (Å²) in [5.41, 5.74) is 0.728. The van der Waals surface area contributed by atoms with Crippen molar-refractivity contribution in [1.29, 1.82) is 0 Å². The van der Waals surface area contributed by atoms with Crippen LogP contribution >= 0.6 is 11.3 Å². The molecule has 0 saturated heterocycles. The summed E-state index contributed by atoms with van der Waals surface area (Å²) in [6.07, 6.45) is 0. The molecule has 0 spiro atoms. The molecule has 0 aliphatic rings. The van der Waals surface area contributed by atoms with Gasteiger partial charge in [-0.25, -0.2) is 0 Å². The summed E-state index contributed by atoms with van der Waals surface area (Å²) in [5.74, 6) is 1.51. The van der Waals surface area contributed by atoms with Gasteiger partial charge in [0.1, 0.15) is 11.5 Å². The molecule has 0 atom stereocenters. The molecule has 0 bridgehead atoms. The molecular weight excluding hydrogens is 278 g/mol. The standard InChI is InChI=1S/C13H11N3O3S/c1-7-6-9(8(2)18-7)12-15-16-13(19-12)14-11(17)10-4-3-5-20-10/h3-6H,1-2H3,(H,14,16,17). The largest absolute Gasteiger partial charge is 0.466 e. The smallest absolute Gasteiger partial charge is 0.322 e. The molecule has 0 saturated carbocycles. The summed E-state index contributed by atoms with van der Waals surface area (Å²) in [5, 5.41) is 12.1. The number of carbonyl (C=O) groups excluding carboxylic acids is 1.